The van der Waals surface area contributed by atoms with Gasteiger partial charge in [-0.2, -0.15) is 0 Å². The lowest BCUT2D eigenvalue weighted by molar-refractivity contribution is 0.0948. The van der Waals surface area contributed by atoms with Gasteiger partial charge in [0.25, 0.3) is 11.8 Å². The maximum absolute atomic E-state index is 12.9. The van der Waals surface area contributed by atoms with Gasteiger partial charge >= 0.3 is 0 Å². The lowest BCUT2D eigenvalue weighted by Crippen LogP contribution is -2.32. The Morgan fingerprint density at radius 1 is 0.931 bits per heavy atom. The molecule has 0 aliphatic carbocycles. The van der Waals surface area contributed by atoms with Crippen LogP contribution in [0, 0.1) is 5.82 Å². The monoisotopic (exact) mass is 391 g/mol. The van der Waals surface area contributed by atoms with E-state index in [4.69, 9.17) is 0 Å². The number of hydrogen-bond acceptors (Lipinski definition) is 3. The maximum Gasteiger partial charge on any atom is 0.276 e. The van der Waals surface area contributed by atoms with E-state index in [1.165, 1.54) is 12.1 Å². The summed E-state index contributed by atoms with van der Waals surface area (Å²) >= 11 is 0. The van der Waals surface area contributed by atoms with E-state index in [-0.39, 0.29) is 29.0 Å². The van der Waals surface area contributed by atoms with Gasteiger partial charge in [-0.3, -0.25) is 9.59 Å². The van der Waals surface area contributed by atoms with Crippen molar-refractivity contribution in [2.75, 3.05) is 18.0 Å². The summed E-state index contributed by atoms with van der Waals surface area (Å²) in [4.78, 5) is 31.2. The van der Waals surface area contributed by atoms with Crippen molar-refractivity contribution < 1.29 is 14.0 Å². The van der Waals surface area contributed by atoms with E-state index >= 15 is 0 Å². The predicted octanol–water partition coefficient (Wildman–Crippen LogP) is 3.86. The Bertz CT molecular complexity index is 975. The number of carbonyl (C=O) groups excluding carboxylic acids is 2. The van der Waals surface area contributed by atoms with Gasteiger partial charge in [-0.05, 0) is 55.3 Å². The first-order chi connectivity index (χ1) is 14.1. The van der Waals surface area contributed by atoms with Gasteiger partial charge in [-0.25, -0.2) is 9.37 Å². The number of aromatic nitrogens is 1. The summed E-state index contributed by atoms with van der Waals surface area (Å²) in [5, 5.41) is 2.78. The summed E-state index contributed by atoms with van der Waals surface area (Å²) < 4.78 is 12.9. The minimum absolute atomic E-state index is 0.180. The molecule has 0 atom stereocenters. The molecule has 1 N–H and O–H groups in total. The molecule has 5 nitrogen and oxygen atoms in total. The van der Waals surface area contributed by atoms with E-state index in [0.717, 1.165) is 11.3 Å². The Hall–Kier alpha value is -3.54. The number of amides is 2. The maximum atomic E-state index is 12.9. The van der Waals surface area contributed by atoms with Gasteiger partial charge in [0.05, 0.1) is 0 Å². The zero-order valence-electron chi connectivity index (χ0n) is 16.1. The molecule has 29 heavy (non-hydrogen) atoms. The third kappa shape index (κ3) is 5.25. The van der Waals surface area contributed by atoms with Gasteiger partial charge in [0, 0.05) is 18.8 Å². The Morgan fingerprint density at radius 2 is 1.62 bits per heavy atom. The van der Waals surface area contributed by atoms with Crippen molar-refractivity contribution in [3.8, 4) is 0 Å². The number of halogens is 1. The molecule has 0 radical (unpaired) electrons. The molecule has 0 spiro atoms. The highest BCUT2D eigenvalue weighted by Gasteiger charge is 2.18. The smallest absolute Gasteiger partial charge is 0.276 e. The molecular weight excluding hydrogens is 369 g/mol. The van der Waals surface area contributed by atoms with Crippen LogP contribution in [-0.4, -0.2) is 29.9 Å². The van der Waals surface area contributed by atoms with Crippen LogP contribution in [0.4, 0.5) is 10.1 Å². The van der Waals surface area contributed by atoms with Crippen molar-refractivity contribution >= 4 is 17.5 Å². The molecule has 0 saturated heterocycles. The first-order valence-electron chi connectivity index (χ1n) is 9.45. The van der Waals surface area contributed by atoms with Crippen molar-refractivity contribution in [1.82, 2.24) is 10.3 Å². The molecule has 0 fully saturated rings. The number of hydrogen-bond donors (Lipinski definition) is 1. The van der Waals surface area contributed by atoms with Crippen molar-refractivity contribution in [2.24, 2.45) is 0 Å². The van der Waals surface area contributed by atoms with Crippen LogP contribution in [0.1, 0.15) is 33.5 Å². The van der Waals surface area contributed by atoms with Crippen LogP contribution in [0.2, 0.25) is 0 Å². The fourth-order valence-electron chi connectivity index (χ4n) is 2.93. The number of carbonyl (C=O) groups is 2. The molecule has 0 aliphatic heterocycles. The second-order valence-corrected chi connectivity index (χ2v) is 6.43. The molecule has 2 amide bonds. The number of para-hydroxylation sites is 1. The first-order valence-corrected chi connectivity index (χ1v) is 9.45. The molecule has 3 rings (SSSR count). The Kier molecular flexibility index (Phi) is 6.68. The number of anilines is 1. The molecule has 3 aromatic rings. The molecule has 1 heterocycles. The number of nitrogens with one attached hydrogen (secondary N) is 1. The predicted molar refractivity (Wildman–Crippen MR) is 110 cm³/mol. The molecular formula is C23H22FN3O2. The third-order valence-corrected chi connectivity index (χ3v) is 4.44. The average molecular weight is 391 g/mol. The zero-order chi connectivity index (χ0) is 20.6. The van der Waals surface area contributed by atoms with Gasteiger partial charge in [0.2, 0.25) is 0 Å². The summed E-state index contributed by atoms with van der Waals surface area (Å²) in [6.07, 6.45) is 0.572. The highest BCUT2D eigenvalue weighted by Crippen LogP contribution is 2.16. The lowest BCUT2D eigenvalue weighted by atomic mass is 10.1. The summed E-state index contributed by atoms with van der Waals surface area (Å²) in [5.41, 5.74) is 2.09. The summed E-state index contributed by atoms with van der Waals surface area (Å²) in [5.74, 6) is -0.913. The molecule has 2 aromatic carbocycles. The second kappa shape index (κ2) is 9.59. The van der Waals surface area contributed by atoms with E-state index < -0.39 is 0 Å². The van der Waals surface area contributed by atoms with Crippen LogP contribution in [0.3, 0.4) is 0 Å². The molecule has 0 unspecified atom stereocenters. The Morgan fingerprint density at radius 3 is 2.31 bits per heavy atom. The number of nitrogens with zero attached hydrogens (tertiary/aromatic N) is 2. The van der Waals surface area contributed by atoms with Crippen molar-refractivity contribution in [3.63, 3.8) is 0 Å². The summed E-state index contributed by atoms with van der Waals surface area (Å²) in [6.45, 7) is 2.75. The van der Waals surface area contributed by atoms with E-state index in [0.29, 0.717) is 19.5 Å². The quantitative estimate of drug-likeness (QED) is 0.665. The lowest BCUT2D eigenvalue weighted by Gasteiger charge is -2.20. The molecule has 0 saturated carbocycles. The highest BCUT2D eigenvalue weighted by molar-refractivity contribution is 6.05. The minimum atomic E-state index is -0.357. The zero-order valence-corrected chi connectivity index (χ0v) is 16.1. The van der Waals surface area contributed by atoms with Gasteiger partial charge in [-0.15, -0.1) is 0 Å². The Balaban J connectivity index is 1.65. The van der Waals surface area contributed by atoms with E-state index in [1.54, 1.807) is 35.2 Å². The molecule has 0 bridgehead atoms. The van der Waals surface area contributed by atoms with Gasteiger partial charge in [0.1, 0.15) is 17.2 Å². The largest absolute Gasteiger partial charge is 0.350 e. The van der Waals surface area contributed by atoms with E-state index in [9.17, 15) is 14.0 Å². The van der Waals surface area contributed by atoms with Gasteiger partial charge in [-0.1, -0.05) is 36.4 Å². The number of pyridine rings is 1. The SMILES string of the molecule is CCN(C(=O)c1cccc(C(=O)NCCc2ccc(F)cc2)n1)c1ccccc1. The van der Waals surface area contributed by atoms with E-state index in [1.807, 2.05) is 37.3 Å². The number of benzene rings is 2. The summed E-state index contributed by atoms with van der Waals surface area (Å²) in [6, 6.07) is 20.3. The fraction of sp³-hybridized carbons (Fsp3) is 0.174. The first kappa shape index (κ1) is 20.2. The fourth-order valence-corrected chi connectivity index (χ4v) is 2.93. The summed E-state index contributed by atoms with van der Waals surface area (Å²) in [7, 11) is 0. The molecule has 148 valence electrons. The van der Waals surface area contributed by atoms with Crippen molar-refractivity contribution in [2.45, 2.75) is 13.3 Å². The van der Waals surface area contributed by atoms with Crippen LogP contribution in [0.5, 0.6) is 0 Å². The topological polar surface area (TPSA) is 62.3 Å². The number of rotatable bonds is 7. The van der Waals surface area contributed by atoms with Crippen molar-refractivity contribution in [1.29, 1.82) is 0 Å². The molecule has 1 aromatic heterocycles. The molecule has 6 heteroatoms. The van der Waals surface area contributed by atoms with E-state index in [2.05, 4.69) is 10.3 Å². The van der Waals surface area contributed by atoms with Crippen LogP contribution in [-0.2, 0) is 6.42 Å². The Labute approximate surface area is 169 Å². The van der Waals surface area contributed by atoms with Gasteiger partial charge in [0.15, 0.2) is 0 Å². The van der Waals surface area contributed by atoms with Crippen molar-refractivity contribution in [3.05, 3.63) is 95.6 Å². The van der Waals surface area contributed by atoms with Gasteiger partial charge < -0.3 is 10.2 Å². The highest BCUT2D eigenvalue weighted by atomic mass is 19.1. The average Bonchev–Trinajstić information content (AvgIpc) is 2.76. The second-order valence-electron chi connectivity index (χ2n) is 6.43. The van der Waals surface area contributed by atoms with Crippen LogP contribution < -0.4 is 10.2 Å². The third-order valence-electron chi connectivity index (χ3n) is 4.44. The standard InChI is InChI=1S/C23H22FN3O2/c1-2-27(19-7-4-3-5-8-19)23(29)21-10-6-9-20(26-21)22(28)25-16-15-17-11-13-18(24)14-12-17/h3-14H,2,15-16H2,1H3,(H,25,28). The molecule has 0 aliphatic rings. The normalized spacial score (nSPS) is 10.4. The minimum Gasteiger partial charge on any atom is -0.350 e. The van der Waals surface area contributed by atoms with Crippen LogP contribution in [0.15, 0.2) is 72.8 Å². The van der Waals surface area contributed by atoms with Crippen LogP contribution >= 0.6 is 0 Å². The van der Waals surface area contributed by atoms with Crippen LogP contribution in [0.25, 0.3) is 0 Å².